The van der Waals surface area contributed by atoms with Crippen molar-refractivity contribution in [3.8, 4) is 5.75 Å². The lowest BCUT2D eigenvalue weighted by atomic mass is 9.79. The zero-order valence-electron chi connectivity index (χ0n) is 11.7. The van der Waals surface area contributed by atoms with Crippen molar-refractivity contribution in [2.45, 2.75) is 31.4 Å². The van der Waals surface area contributed by atoms with Gasteiger partial charge < -0.3 is 10.5 Å². The number of hydrogen-bond donors (Lipinski definition) is 1. The highest BCUT2D eigenvalue weighted by Gasteiger charge is 2.32. The van der Waals surface area contributed by atoms with Crippen LogP contribution in [0, 0.1) is 11.6 Å². The van der Waals surface area contributed by atoms with Crippen LogP contribution in [0.5, 0.6) is 5.75 Å². The Balaban J connectivity index is 1.87. The van der Waals surface area contributed by atoms with Crippen LogP contribution in [0.4, 0.5) is 8.78 Å². The van der Waals surface area contributed by atoms with Crippen molar-refractivity contribution < 1.29 is 13.5 Å². The van der Waals surface area contributed by atoms with Gasteiger partial charge in [0, 0.05) is 6.07 Å². The molecule has 4 heteroatoms. The van der Waals surface area contributed by atoms with E-state index in [1.807, 2.05) is 18.2 Å². The minimum Gasteiger partial charge on any atom is -0.485 e. The molecule has 0 bridgehead atoms. The normalized spacial score (nSPS) is 24.5. The Hall–Kier alpha value is -1.94. The number of ether oxygens (including phenoxy) is 1. The molecule has 2 nitrogen and oxygen atoms in total. The zero-order valence-corrected chi connectivity index (χ0v) is 11.7. The van der Waals surface area contributed by atoms with Gasteiger partial charge in [-0.25, -0.2) is 8.78 Å². The lowest BCUT2D eigenvalue weighted by Crippen LogP contribution is -2.37. The molecule has 2 aromatic rings. The lowest BCUT2D eigenvalue weighted by Gasteiger charge is -2.35. The van der Waals surface area contributed by atoms with Gasteiger partial charge in [0.15, 0.2) is 11.6 Å². The van der Waals surface area contributed by atoms with Gasteiger partial charge in [-0.3, -0.25) is 0 Å². The summed E-state index contributed by atoms with van der Waals surface area (Å²) >= 11 is 0. The van der Waals surface area contributed by atoms with E-state index in [2.05, 4.69) is 13.0 Å². The molecular formula is C17H17F2NO. The second-order valence-electron chi connectivity index (χ2n) is 5.52. The molecule has 3 atom stereocenters. The molecule has 0 saturated heterocycles. The van der Waals surface area contributed by atoms with Crippen molar-refractivity contribution in [3.63, 3.8) is 0 Å². The van der Waals surface area contributed by atoms with Gasteiger partial charge in [-0.15, -0.1) is 0 Å². The van der Waals surface area contributed by atoms with Crippen LogP contribution in [-0.2, 0) is 0 Å². The van der Waals surface area contributed by atoms with Crippen LogP contribution >= 0.6 is 0 Å². The van der Waals surface area contributed by atoms with Gasteiger partial charge in [0.25, 0.3) is 0 Å². The van der Waals surface area contributed by atoms with Crippen LogP contribution in [0.15, 0.2) is 42.5 Å². The summed E-state index contributed by atoms with van der Waals surface area (Å²) in [5.41, 5.74) is 8.50. The average molecular weight is 289 g/mol. The lowest BCUT2D eigenvalue weighted by molar-refractivity contribution is 0.138. The van der Waals surface area contributed by atoms with Crippen molar-refractivity contribution in [2.24, 2.45) is 5.73 Å². The largest absolute Gasteiger partial charge is 0.485 e. The number of hydrogen-bond acceptors (Lipinski definition) is 2. The Morgan fingerprint density at radius 1 is 1.10 bits per heavy atom. The van der Waals surface area contributed by atoms with E-state index < -0.39 is 11.6 Å². The molecule has 0 aromatic heterocycles. The summed E-state index contributed by atoms with van der Waals surface area (Å²) in [4.78, 5) is 0. The van der Waals surface area contributed by atoms with E-state index in [0.29, 0.717) is 6.42 Å². The predicted molar refractivity (Wildman–Crippen MR) is 77.2 cm³/mol. The fraction of sp³-hybridized carbons (Fsp3) is 0.294. The van der Waals surface area contributed by atoms with E-state index in [-0.39, 0.29) is 23.8 Å². The maximum Gasteiger partial charge on any atom is 0.167 e. The third-order valence-corrected chi connectivity index (χ3v) is 4.04. The van der Waals surface area contributed by atoms with E-state index in [4.69, 9.17) is 10.5 Å². The van der Waals surface area contributed by atoms with E-state index >= 15 is 0 Å². The third kappa shape index (κ3) is 2.63. The summed E-state index contributed by atoms with van der Waals surface area (Å²) in [5.74, 6) is -0.988. The molecule has 2 aromatic carbocycles. The second-order valence-corrected chi connectivity index (χ2v) is 5.52. The SMILES string of the molecule is CC1CC(Oc2ccc(F)cc2F)C(N)c2ccccc21. The number of benzene rings is 2. The molecule has 0 heterocycles. The number of nitrogens with two attached hydrogens (primary N) is 1. The Morgan fingerprint density at radius 3 is 2.52 bits per heavy atom. The summed E-state index contributed by atoms with van der Waals surface area (Å²) in [6.07, 6.45) is 0.379. The maximum atomic E-state index is 13.7. The van der Waals surface area contributed by atoms with E-state index in [9.17, 15) is 8.78 Å². The smallest absolute Gasteiger partial charge is 0.167 e. The van der Waals surface area contributed by atoms with Gasteiger partial charge in [-0.2, -0.15) is 0 Å². The highest BCUT2D eigenvalue weighted by atomic mass is 19.1. The van der Waals surface area contributed by atoms with Crippen molar-refractivity contribution >= 4 is 0 Å². The Morgan fingerprint density at radius 2 is 1.81 bits per heavy atom. The van der Waals surface area contributed by atoms with Gasteiger partial charge >= 0.3 is 0 Å². The monoisotopic (exact) mass is 289 g/mol. The molecule has 0 aliphatic heterocycles. The summed E-state index contributed by atoms with van der Waals surface area (Å²) in [7, 11) is 0. The van der Waals surface area contributed by atoms with Gasteiger partial charge in [0.2, 0.25) is 0 Å². The molecule has 21 heavy (non-hydrogen) atoms. The molecule has 2 N–H and O–H groups in total. The molecule has 0 amide bonds. The van der Waals surface area contributed by atoms with E-state index in [1.54, 1.807) is 0 Å². The standard InChI is InChI=1S/C17H17F2NO/c1-10-8-16(17(20)13-5-3-2-4-12(10)13)21-15-7-6-11(18)9-14(15)19/h2-7,9-10,16-17H,8,20H2,1H3. The molecule has 3 rings (SSSR count). The molecule has 0 fully saturated rings. The van der Waals surface area contributed by atoms with Crippen LogP contribution in [0.1, 0.15) is 36.4 Å². The fourth-order valence-corrected chi connectivity index (χ4v) is 2.94. The summed E-state index contributed by atoms with van der Waals surface area (Å²) < 4.78 is 32.4. The Bertz CT molecular complexity index is 659. The first-order valence-corrected chi connectivity index (χ1v) is 7.02. The van der Waals surface area contributed by atoms with Crippen molar-refractivity contribution in [1.82, 2.24) is 0 Å². The molecule has 110 valence electrons. The molecule has 1 aliphatic rings. The molecule has 3 unspecified atom stereocenters. The predicted octanol–water partition coefficient (Wildman–Crippen LogP) is 3.92. The van der Waals surface area contributed by atoms with Crippen LogP contribution in [-0.4, -0.2) is 6.10 Å². The van der Waals surface area contributed by atoms with Gasteiger partial charge in [-0.05, 0) is 35.6 Å². The van der Waals surface area contributed by atoms with E-state index in [0.717, 1.165) is 11.6 Å². The third-order valence-electron chi connectivity index (χ3n) is 4.04. The molecular weight excluding hydrogens is 272 g/mol. The quantitative estimate of drug-likeness (QED) is 0.909. The minimum absolute atomic E-state index is 0.0448. The topological polar surface area (TPSA) is 35.2 Å². The van der Waals surface area contributed by atoms with Crippen LogP contribution in [0.2, 0.25) is 0 Å². The number of rotatable bonds is 2. The molecule has 0 spiro atoms. The first-order valence-electron chi connectivity index (χ1n) is 7.02. The number of fused-ring (bicyclic) bond motifs is 1. The Labute approximate surface area is 122 Å². The molecule has 0 radical (unpaired) electrons. The minimum atomic E-state index is -0.700. The van der Waals surface area contributed by atoms with Crippen molar-refractivity contribution in [2.75, 3.05) is 0 Å². The number of halogens is 2. The van der Waals surface area contributed by atoms with E-state index in [1.165, 1.54) is 17.7 Å². The van der Waals surface area contributed by atoms with Crippen molar-refractivity contribution in [3.05, 3.63) is 65.2 Å². The highest BCUT2D eigenvalue weighted by Crippen LogP contribution is 2.38. The summed E-state index contributed by atoms with van der Waals surface area (Å²) in [5, 5.41) is 0. The van der Waals surface area contributed by atoms with Crippen LogP contribution < -0.4 is 10.5 Å². The first-order chi connectivity index (χ1) is 10.1. The fourth-order valence-electron chi connectivity index (χ4n) is 2.94. The zero-order chi connectivity index (χ0) is 15.0. The van der Waals surface area contributed by atoms with Crippen molar-refractivity contribution in [1.29, 1.82) is 0 Å². The first kappa shape index (κ1) is 14.0. The Kier molecular flexibility index (Phi) is 3.64. The van der Waals surface area contributed by atoms with Gasteiger partial charge in [0.1, 0.15) is 11.9 Å². The van der Waals surface area contributed by atoms with Gasteiger partial charge in [-0.1, -0.05) is 31.2 Å². The van der Waals surface area contributed by atoms with Gasteiger partial charge in [0.05, 0.1) is 6.04 Å². The maximum absolute atomic E-state index is 13.7. The van der Waals surface area contributed by atoms with Crippen LogP contribution in [0.3, 0.4) is 0 Å². The van der Waals surface area contributed by atoms with Crippen LogP contribution in [0.25, 0.3) is 0 Å². The average Bonchev–Trinajstić information content (AvgIpc) is 2.47. The summed E-state index contributed by atoms with van der Waals surface area (Å²) in [6.45, 7) is 2.10. The molecule has 1 aliphatic carbocycles. The summed E-state index contributed by atoms with van der Waals surface area (Å²) in [6, 6.07) is 11.0. The highest BCUT2D eigenvalue weighted by molar-refractivity contribution is 5.36. The second kappa shape index (κ2) is 5.45. The molecule has 0 saturated carbocycles.